The minimum Gasteiger partial charge on any atom is -0.387 e. The highest BCUT2D eigenvalue weighted by atomic mass is 32.2. The normalized spacial score (nSPS) is 13.8. The Bertz CT molecular complexity index is 956. The van der Waals surface area contributed by atoms with Crippen molar-refractivity contribution >= 4 is 16.0 Å². The number of allylic oxidation sites excluding steroid dienone is 7. The number of rotatable bonds is 36. The van der Waals surface area contributed by atoms with Gasteiger partial charge in [-0.3, -0.25) is 9.35 Å². The van der Waals surface area contributed by atoms with E-state index in [2.05, 4.69) is 55.6 Å². The largest absolute Gasteiger partial charge is 0.387 e. The number of aliphatic hydroxyl groups excluding tert-OH is 1. The number of amides is 1. The molecule has 2 unspecified atom stereocenters. The smallest absolute Gasteiger partial charge is 0.267 e. The molecular weight excluding hydrogens is 631 g/mol. The number of unbranched alkanes of at least 4 members (excludes halogenated alkanes) is 22. The summed E-state index contributed by atoms with van der Waals surface area (Å²) in [7, 11) is -4.35. The van der Waals surface area contributed by atoms with Crippen LogP contribution in [0.5, 0.6) is 0 Å². The maximum Gasteiger partial charge on any atom is 0.267 e. The van der Waals surface area contributed by atoms with E-state index in [9.17, 15) is 22.9 Å². The first-order valence-electron chi connectivity index (χ1n) is 20.3. The van der Waals surface area contributed by atoms with Crippen molar-refractivity contribution in [3.63, 3.8) is 0 Å². The monoisotopic (exact) mass is 708 g/mol. The quantitative estimate of drug-likeness (QED) is 0.0342. The van der Waals surface area contributed by atoms with Gasteiger partial charge in [0, 0.05) is 6.42 Å². The van der Waals surface area contributed by atoms with Crippen molar-refractivity contribution < 1.29 is 22.9 Å². The van der Waals surface area contributed by atoms with Crippen LogP contribution in [0.3, 0.4) is 0 Å². The number of hydrogen-bond acceptors (Lipinski definition) is 4. The standard InChI is InChI=1S/C42H77NO5S/c1-3-5-7-9-11-13-15-17-18-19-20-21-22-23-24-26-28-30-32-34-36-38-42(45)43-40(39-49(46,47)48)41(44)37-35-33-31-29-27-25-16-14-12-10-8-6-4-2/h15,17,19-20,27,29,35,37,40-41,44H,3-14,16,18,21-26,28,30-34,36,38-39H2,1-2H3,(H,43,45)(H,46,47,48)/b17-15-,20-19-,29-27+,37-35+. The lowest BCUT2D eigenvalue weighted by atomic mass is 10.1. The molecule has 0 aliphatic heterocycles. The van der Waals surface area contributed by atoms with E-state index in [1.165, 1.54) is 128 Å². The van der Waals surface area contributed by atoms with Gasteiger partial charge in [-0.1, -0.05) is 172 Å². The first-order valence-corrected chi connectivity index (χ1v) is 21.9. The van der Waals surface area contributed by atoms with Gasteiger partial charge in [0.15, 0.2) is 0 Å². The van der Waals surface area contributed by atoms with E-state index in [0.717, 1.165) is 44.9 Å². The highest BCUT2D eigenvalue weighted by Gasteiger charge is 2.24. The Morgan fingerprint density at radius 3 is 1.41 bits per heavy atom. The molecule has 0 aromatic rings. The van der Waals surface area contributed by atoms with Gasteiger partial charge in [-0.05, 0) is 64.2 Å². The van der Waals surface area contributed by atoms with Gasteiger partial charge in [-0.25, -0.2) is 0 Å². The van der Waals surface area contributed by atoms with E-state index in [4.69, 9.17) is 0 Å². The van der Waals surface area contributed by atoms with Crippen LogP contribution in [-0.4, -0.2) is 41.9 Å². The van der Waals surface area contributed by atoms with Gasteiger partial charge in [0.1, 0.15) is 0 Å². The van der Waals surface area contributed by atoms with Gasteiger partial charge in [0.2, 0.25) is 5.91 Å². The van der Waals surface area contributed by atoms with E-state index in [1.807, 2.05) is 0 Å². The predicted octanol–water partition coefficient (Wildman–Crippen LogP) is 11.9. The van der Waals surface area contributed by atoms with Crippen LogP contribution in [0.15, 0.2) is 48.6 Å². The van der Waals surface area contributed by atoms with Crippen LogP contribution >= 0.6 is 0 Å². The Labute approximate surface area is 303 Å². The summed E-state index contributed by atoms with van der Waals surface area (Å²) in [6.07, 6.45) is 48.1. The molecule has 49 heavy (non-hydrogen) atoms. The number of nitrogens with one attached hydrogen (secondary N) is 1. The molecule has 3 N–H and O–H groups in total. The van der Waals surface area contributed by atoms with Crippen molar-refractivity contribution in [2.75, 3.05) is 5.75 Å². The van der Waals surface area contributed by atoms with Gasteiger partial charge < -0.3 is 10.4 Å². The number of carbonyl (C=O) groups is 1. The molecule has 286 valence electrons. The number of hydrogen-bond donors (Lipinski definition) is 3. The minimum atomic E-state index is -4.35. The molecule has 0 heterocycles. The third-order valence-corrected chi connectivity index (χ3v) is 9.76. The second kappa shape index (κ2) is 36.1. The van der Waals surface area contributed by atoms with Gasteiger partial charge in [0.05, 0.1) is 17.9 Å². The van der Waals surface area contributed by atoms with Crippen LogP contribution in [0.4, 0.5) is 0 Å². The van der Waals surface area contributed by atoms with E-state index in [0.29, 0.717) is 6.42 Å². The summed E-state index contributed by atoms with van der Waals surface area (Å²) in [6.45, 7) is 4.49. The Hall–Kier alpha value is -1.70. The first-order chi connectivity index (χ1) is 23.8. The van der Waals surface area contributed by atoms with Crippen LogP contribution < -0.4 is 5.32 Å². The fourth-order valence-electron chi connectivity index (χ4n) is 5.91. The van der Waals surface area contributed by atoms with Gasteiger partial charge >= 0.3 is 0 Å². The molecule has 0 aromatic carbocycles. The molecule has 0 bridgehead atoms. The van der Waals surface area contributed by atoms with Gasteiger partial charge in [-0.2, -0.15) is 8.42 Å². The van der Waals surface area contributed by atoms with E-state index in [-0.39, 0.29) is 12.3 Å². The average Bonchev–Trinajstić information content (AvgIpc) is 3.06. The lowest BCUT2D eigenvalue weighted by Gasteiger charge is -2.21. The van der Waals surface area contributed by atoms with Crippen molar-refractivity contribution in [3.05, 3.63) is 48.6 Å². The molecule has 0 radical (unpaired) electrons. The Morgan fingerprint density at radius 1 is 0.551 bits per heavy atom. The zero-order valence-corrected chi connectivity index (χ0v) is 32.6. The fraction of sp³-hybridized carbons (Fsp3) is 0.786. The first kappa shape index (κ1) is 47.3. The molecule has 7 heteroatoms. The summed E-state index contributed by atoms with van der Waals surface area (Å²) in [5.74, 6) is -1.01. The van der Waals surface area contributed by atoms with Crippen molar-refractivity contribution in [1.29, 1.82) is 0 Å². The molecule has 1 amide bonds. The molecule has 0 aromatic heterocycles. The molecule has 6 nitrogen and oxygen atoms in total. The number of aliphatic hydroxyl groups is 1. The van der Waals surface area contributed by atoms with Crippen LogP contribution in [-0.2, 0) is 14.9 Å². The summed E-state index contributed by atoms with van der Waals surface area (Å²) in [5.41, 5.74) is 0. The molecule has 0 saturated heterocycles. The zero-order chi connectivity index (χ0) is 36.1. The van der Waals surface area contributed by atoms with Crippen molar-refractivity contribution in [1.82, 2.24) is 5.32 Å². The van der Waals surface area contributed by atoms with Crippen LogP contribution in [0.25, 0.3) is 0 Å². The van der Waals surface area contributed by atoms with Crippen LogP contribution in [0.2, 0.25) is 0 Å². The fourth-order valence-corrected chi connectivity index (χ4v) is 6.64. The SMILES string of the molecule is CCCCCCC/C=C\C/C=C\CCCCCCCCCCCC(=O)NC(CS(=O)(=O)O)C(O)/C=C/CC/C=C/CCCCCCCCC. The lowest BCUT2D eigenvalue weighted by molar-refractivity contribution is -0.122. The molecule has 0 rings (SSSR count). The predicted molar refractivity (Wildman–Crippen MR) is 212 cm³/mol. The lowest BCUT2D eigenvalue weighted by Crippen LogP contribution is -2.46. The highest BCUT2D eigenvalue weighted by Crippen LogP contribution is 2.13. The Kier molecular flexibility index (Phi) is 34.9. The summed E-state index contributed by atoms with van der Waals surface area (Å²) < 4.78 is 32.4. The minimum absolute atomic E-state index is 0.282. The average molecular weight is 708 g/mol. The maximum absolute atomic E-state index is 12.5. The van der Waals surface area contributed by atoms with Crippen LogP contribution in [0, 0.1) is 0 Å². The third kappa shape index (κ3) is 37.4. The molecule has 0 saturated carbocycles. The second-order valence-electron chi connectivity index (χ2n) is 13.9. The van der Waals surface area contributed by atoms with Crippen LogP contribution in [0.1, 0.15) is 194 Å². The van der Waals surface area contributed by atoms with Crippen molar-refractivity contribution in [3.8, 4) is 0 Å². The molecule has 0 spiro atoms. The molecule has 0 aliphatic rings. The van der Waals surface area contributed by atoms with Gasteiger partial charge in [-0.15, -0.1) is 0 Å². The highest BCUT2D eigenvalue weighted by molar-refractivity contribution is 7.85. The topological polar surface area (TPSA) is 104 Å². The maximum atomic E-state index is 12.5. The summed E-state index contributed by atoms with van der Waals surface area (Å²) in [6, 6.07) is -1.08. The third-order valence-electron chi connectivity index (χ3n) is 8.98. The molecular formula is C42H77NO5S. The van der Waals surface area contributed by atoms with Gasteiger partial charge in [0.25, 0.3) is 10.1 Å². The zero-order valence-electron chi connectivity index (χ0n) is 31.8. The van der Waals surface area contributed by atoms with Crippen molar-refractivity contribution in [2.24, 2.45) is 0 Å². The molecule has 0 aliphatic carbocycles. The van der Waals surface area contributed by atoms with E-state index < -0.39 is 28.0 Å². The Balaban J connectivity index is 3.94. The Morgan fingerprint density at radius 2 is 0.939 bits per heavy atom. The number of carbonyl (C=O) groups excluding carboxylic acids is 1. The summed E-state index contributed by atoms with van der Waals surface area (Å²) in [5, 5.41) is 13.2. The molecule has 0 fully saturated rings. The van der Waals surface area contributed by atoms with E-state index in [1.54, 1.807) is 6.08 Å². The van der Waals surface area contributed by atoms with E-state index >= 15 is 0 Å². The summed E-state index contributed by atoms with van der Waals surface area (Å²) in [4.78, 5) is 12.5. The molecule has 2 atom stereocenters. The second-order valence-corrected chi connectivity index (χ2v) is 15.4. The van der Waals surface area contributed by atoms with Crippen molar-refractivity contribution in [2.45, 2.75) is 206 Å². The summed E-state index contributed by atoms with van der Waals surface area (Å²) >= 11 is 0.